The van der Waals surface area contributed by atoms with E-state index >= 15 is 0 Å². The van der Waals surface area contributed by atoms with Crippen LogP contribution in [0.1, 0.15) is 27.0 Å². The molecule has 28 heavy (non-hydrogen) atoms. The van der Waals surface area contributed by atoms with Crippen LogP contribution in [0.25, 0.3) is 11.2 Å². The maximum Gasteiger partial charge on any atom is 0.475 e. The number of fused-ring (bicyclic) bond motifs is 2. The Kier molecular flexibility index (Phi) is 4.60. The number of aromatic nitrogens is 4. The molecule has 0 aromatic carbocycles. The van der Waals surface area contributed by atoms with Gasteiger partial charge in [0.25, 0.3) is 0 Å². The number of anilines is 1. The van der Waals surface area contributed by atoms with E-state index in [9.17, 15) is 4.57 Å². The molecule has 2 aromatic rings. The van der Waals surface area contributed by atoms with Crippen molar-refractivity contribution in [3.05, 3.63) is 6.33 Å². The molecule has 2 aliphatic heterocycles. The lowest BCUT2D eigenvalue weighted by Gasteiger charge is -2.36. The third-order valence-electron chi connectivity index (χ3n) is 4.62. The smallest absolute Gasteiger partial charge is 0.475 e. The van der Waals surface area contributed by atoms with Crippen LogP contribution in [0, 0.1) is 0 Å². The van der Waals surface area contributed by atoms with Crippen molar-refractivity contribution in [2.45, 2.75) is 50.8 Å². The number of nitrogen functional groups attached to an aromatic ring is 1. The Bertz CT molecular complexity index is 948. The SMILES string of the molecule is COc1nc(N)nc2c1ncn2[C@@H]1O[C@@H]2COP(=O)(OC(C)C)O[C@H]2[C@@]1(C)N. The Morgan fingerprint density at radius 1 is 1.43 bits per heavy atom. The zero-order valence-corrected chi connectivity index (χ0v) is 16.8. The third kappa shape index (κ3) is 3.06. The Balaban J connectivity index is 1.71. The minimum absolute atomic E-state index is 0.0189. The van der Waals surface area contributed by atoms with Crippen molar-refractivity contribution in [1.82, 2.24) is 19.5 Å². The fourth-order valence-electron chi connectivity index (χ4n) is 3.47. The second-order valence-corrected chi connectivity index (χ2v) is 8.81. The average molecular weight is 414 g/mol. The Morgan fingerprint density at radius 3 is 2.86 bits per heavy atom. The van der Waals surface area contributed by atoms with Gasteiger partial charge in [0.2, 0.25) is 11.8 Å². The van der Waals surface area contributed by atoms with Crippen LogP contribution in [-0.4, -0.2) is 57.1 Å². The number of imidazole rings is 1. The fourth-order valence-corrected chi connectivity index (χ4v) is 5.12. The van der Waals surface area contributed by atoms with Gasteiger partial charge < -0.3 is 20.9 Å². The van der Waals surface area contributed by atoms with Gasteiger partial charge in [0.15, 0.2) is 17.4 Å². The second-order valence-electron chi connectivity index (χ2n) is 7.23. The summed E-state index contributed by atoms with van der Waals surface area (Å²) in [6, 6.07) is 0. The predicted molar refractivity (Wildman–Crippen MR) is 97.4 cm³/mol. The number of ether oxygens (including phenoxy) is 2. The van der Waals surface area contributed by atoms with E-state index < -0.39 is 31.8 Å². The molecule has 2 aliphatic rings. The van der Waals surface area contributed by atoms with Crippen molar-refractivity contribution in [3.63, 3.8) is 0 Å². The van der Waals surface area contributed by atoms with Crippen molar-refractivity contribution >= 4 is 24.9 Å². The zero-order valence-electron chi connectivity index (χ0n) is 15.9. The standard InChI is InChI=1S/C15H23N6O6P/c1-7(2)26-28(22)24-5-8-10(27-28)15(3,17)13(25-8)21-6-18-9-11(21)19-14(16)20-12(9)23-4/h6-8,10,13H,5,17H2,1-4H3,(H2,16,19,20)/t8-,10-,13-,15-,28?/m1/s1. The molecule has 4 rings (SSSR count). The Labute approximate surface area is 161 Å². The number of nitrogens with two attached hydrogens (primary N) is 2. The highest BCUT2D eigenvalue weighted by Crippen LogP contribution is 2.59. The molecule has 0 spiro atoms. The van der Waals surface area contributed by atoms with Gasteiger partial charge in [-0.2, -0.15) is 9.97 Å². The minimum atomic E-state index is -3.74. The van der Waals surface area contributed by atoms with E-state index in [1.165, 1.54) is 13.4 Å². The summed E-state index contributed by atoms with van der Waals surface area (Å²) in [4.78, 5) is 12.5. The first kappa shape index (κ1) is 19.5. The molecule has 0 radical (unpaired) electrons. The summed E-state index contributed by atoms with van der Waals surface area (Å²) >= 11 is 0. The molecule has 13 heteroatoms. The molecule has 4 N–H and O–H groups in total. The van der Waals surface area contributed by atoms with Gasteiger partial charge in [-0.05, 0) is 20.8 Å². The van der Waals surface area contributed by atoms with Crippen LogP contribution in [0.15, 0.2) is 6.33 Å². The summed E-state index contributed by atoms with van der Waals surface area (Å²) in [7, 11) is -2.28. The van der Waals surface area contributed by atoms with Crippen LogP contribution in [-0.2, 0) is 22.9 Å². The predicted octanol–water partition coefficient (Wildman–Crippen LogP) is 0.980. The minimum Gasteiger partial charge on any atom is -0.479 e. The monoisotopic (exact) mass is 414 g/mol. The second kappa shape index (κ2) is 6.61. The van der Waals surface area contributed by atoms with E-state index in [0.717, 1.165) is 0 Å². The van der Waals surface area contributed by atoms with E-state index in [0.29, 0.717) is 11.2 Å². The number of phosphoric ester groups is 1. The van der Waals surface area contributed by atoms with Crippen LogP contribution in [0.2, 0.25) is 0 Å². The first-order valence-electron chi connectivity index (χ1n) is 8.74. The molecular weight excluding hydrogens is 391 g/mol. The summed E-state index contributed by atoms with van der Waals surface area (Å²) in [6.07, 6.45) is -0.833. The summed E-state index contributed by atoms with van der Waals surface area (Å²) in [5, 5.41) is 0. The highest BCUT2D eigenvalue weighted by Gasteiger charge is 2.59. The van der Waals surface area contributed by atoms with Gasteiger partial charge in [0.05, 0.1) is 31.7 Å². The van der Waals surface area contributed by atoms with Gasteiger partial charge in [-0.1, -0.05) is 0 Å². The lowest BCUT2D eigenvalue weighted by Crippen LogP contribution is -2.54. The van der Waals surface area contributed by atoms with E-state index in [1.54, 1.807) is 25.3 Å². The summed E-state index contributed by atoms with van der Waals surface area (Å²) in [6.45, 7) is 5.23. The molecule has 2 fully saturated rings. The van der Waals surface area contributed by atoms with Gasteiger partial charge in [-0.15, -0.1) is 0 Å². The van der Waals surface area contributed by atoms with Gasteiger partial charge in [-0.25, -0.2) is 9.55 Å². The molecule has 2 aromatic heterocycles. The summed E-state index contributed by atoms with van der Waals surface area (Å²) < 4.78 is 42.0. The van der Waals surface area contributed by atoms with E-state index in [1.807, 2.05) is 0 Å². The van der Waals surface area contributed by atoms with Crippen molar-refractivity contribution in [1.29, 1.82) is 0 Å². The van der Waals surface area contributed by atoms with Crippen molar-refractivity contribution in [2.24, 2.45) is 5.73 Å². The van der Waals surface area contributed by atoms with Gasteiger partial charge in [0, 0.05) is 0 Å². The lowest BCUT2D eigenvalue weighted by atomic mass is 9.93. The van der Waals surface area contributed by atoms with Gasteiger partial charge in [0.1, 0.15) is 12.2 Å². The largest absolute Gasteiger partial charge is 0.479 e. The molecule has 5 atom stereocenters. The molecular formula is C15H23N6O6P. The van der Waals surface area contributed by atoms with Crippen LogP contribution in [0.3, 0.4) is 0 Å². The maximum absolute atomic E-state index is 12.8. The highest BCUT2D eigenvalue weighted by molar-refractivity contribution is 7.48. The fraction of sp³-hybridized carbons (Fsp3) is 0.667. The molecule has 0 aliphatic carbocycles. The third-order valence-corrected chi connectivity index (χ3v) is 6.25. The topological polar surface area (TPSA) is 159 Å². The van der Waals surface area contributed by atoms with E-state index in [4.69, 9.17) is 34.5 Å². The highest BCUT2D eigenvalue weighted by atomic mass is 31.2. The Morgan fingerprint density at radius 2 is 2.18 bits per heavy atom. The molecule has 12 nitrogen and oxygen atoms in total. The van der Waals surface area contributed by atoms with E-state index in [2.05, 4.69) is 15.0 Å². The van der Waals surface area contributed by atoms with Crippen LogP contribution < -0.4 is 16.2 Å². The first-order chi connectivity index (χ1) is 13.1. The molecule has 4 heterocycles. The van der Waals surface area contributed by atoms with Crippen LogP contribution in [0.5, 0.6) is 5.88 Å². The lowest BCUT2D eigenvalue weighted by molar-refractivity contribution is -0.0733. The van der Waals surface area contributed by atoms with Crippen molar-refractivity contribution in [3.8, 4) is 5.88 Å². The molecule has 2 saturated heterocycles. The quantitative estimate of drug-likeness (QED) is 0.687. The number of hydrogen-bond acceptors (Lipinski definition) is 11. The van der Waals surface area contributed by atoms with E-state index in [-0.39, 0.29) is 24.5 Å². The zero-order chi connectivity index (χ0) is 20.3. The number of phosphoric acid groups is 1. The molecule has 0 saturated carbocycles. The van der Waals surface area contributed by atoms with Crippen molar-refractivity contribution < 1.29 is 27.6 Å². The number of hydrogen-bond donors (Lipinski definition) is 2. The number of methoxy groups -OCH3 is 1. The number of nitrogens with zero attached hydrogens (tertiary/aromatic N) is 4. The molecule has 0 amide bonds. The van der Waals surface area contributed by atoms with Crippen molar-refractivity contribution in [2.75, 3.05) is 19.5 Å². The maximum atomic E-state index is 12.8. The first-order valence-corrected chi connectivity index (χ1v) is 10.2. The van der Waals surface area contributed by atoms with Crippen LogP contribution >= 0.6 is 7.82 Å². The average Bonchev–Trinajstić information content (AvgIpc) is 3.12. The van der Waals surface area contributed by atoms with Gasteiger partial charge in [-0.3, -0.25) is 18.1 Å². The van der Waals surface area contributed by atoms with Gasteiger partial charge >= 0.3 is 7.82 Å². The normalized spacial score (nSPS) is 35.4. The molecule has 1 unspecified atom stereocenters. The Hall–Kier alpha value is -1.82. The number of rotatable bonds is 4. The molecule has 154 valence electrons. The summed E-state index contributed by atoms with van der Waals surface area (Å²) in [5.41, 5.74) is 12.1. The molecule has 0 bridgehead atoms. The summed E-state index contributed by atoms with van der Waals surface area (Å²) in [5.74, 6) is 0.263. The van der Waals surface area contributed by atoms with Crippen LogP contribution in [0.4, 0.5) is 5.95 Å².